The van der Waals surface area contributed by atoms with Crippen LogP contribution in [0.15, 0.2) is 29.3 Å². The molecule has 2 aromatic heterocycles. The van der Waals surface area contributed by atoms with Gasteiger partial charge in [-0.25, -0.2) is 5.48 Å². The second-order valence-electron chi connectivity index (χ2n) is 7.53. The van der Waals surface area contributed by atoms with E-state index in [0.717, 1.165) is 33.0 Å². The summed E-state index contributed by atoms with van der Waals surface area (Å²) >= 11 is 1.64. The number of fused-ring (bicyclic) bond motifs is 3. The quantitative estimate of drug-likeness (QED) is 0.313. The molecule has 0 saturated heterocycles. The smallest absolute Gasteiger partial charge is 0.306 e. The van der Waals surface area contributed by atoms with Gasteiger partial charge < -0.3 is 10.3 Å². The number of hydrogen-bond acceptors (Lipinski definition) is 7. The molecule has 0 radical (unpaired) electrons. The number of thiophene rings is 1. The molecular formula is C23H23N5O3S. The van der Waals surface area contributed by atoms with Crippen LogP contribution in [0.5, 0.6) is 0 Å². The first kappa shape index (κ1) is 21.9. The van der Waals surface area contributed by atoms with Crippen LogP contribution in [0, 0.1) is 32.6 Å². The van der Waals surface area contributed by atoms with E-state index in [1.165, 1.54) is 4.88 Å². The van der Waals surface area contributed by atoms with Gasteiger partial charge in [-0.15, -0.1) is 21.5 Å². The maximum atomic E-state index is 11.6. The fraction of sp³-hybridized carbons (Fsp3) is 0.304. The third-order valence-electron chi connectivity index (χ3n) is 5.36. The molecule has 0 fully saturated rings. The van der Waals surface area contributed by atoms with Gasteiger partial charge >= 0.3 is 5.97 Å². The zero-order valence-electron chi connectivity index (χ0n) is 18.0. The van der Waals surface area contributed by atoms with E-state index in [1.807, 2.05) is 35.8 Å². The number of nitrogens with zero attached hydrogens (tertiary/aromatic N) is 4. The van der Waals surface area contributed by atoms with Crippen molar-refractivity contribution in [3.05, 3.63) is 63.0 Å². The van der Waals surface area contributed by atoms with Crippen molar-refractivity contribution in [2.75, 3.05) is 6.54 Å². The largest absolute Gasteiger partial charge is 0.481 e. The van der Waals surface area contributed by atoms with Gasteiger partial charge in [0.2, 0.25) is 0 Å². The molecule has 164 valence electrons. The Morgan fingerprint density at radius 3 is 2.66 bits per heavy atom. The summed E-state index contributed by atoms with van der Waals surface area (Å²) < 4.78 is 1.94. The van der Waals surface area contributed by atoms with Crippen molar-refractivity contribution in [1.29, 1.82) is 0 Å². The minimum absolute atomic E-state index is 0.170. The van der Waals surface area contributed by atoms with E-state index >= 15 is 0 Å². The predicted octanol–water partition coefficient (Wildman–Crippen LogP) is 3.34. The summed E-state index contributed by atoms with van der Waals surface area (Å²) in [5.41, 5.74) is 6.68. The number of aromatic nitrogens is 3. The lowest BCUT2D eigenvalue weighted by molar-refractivity contribution is -0.137. The lowest BCUT2D eigenvalue weighted by atomic mass is 9.98. The van der Waals surface area contributed by atoms with Gasteiger partial charge in [-0.2, -0.15) is 0 Å². The van der Waals surface area contributed by atoms with E-state index in [2.05, 4.69) is 41.4 Å². The van der Waals surface area contributed by atoms with Crippen molar-refractivity contribution in [3.63, 3.8) is 0 Å². The third kappa shape index (κ3) is 4.08. The summed E-state index contributed by atoms with van der Waals surface area (Å²) in [5.74, 6) is 6.38. The summed E-state index contributed by atoms with van der Waals surface area (Å²) in [6, 6.07) is 7.12. The SMILES string of the molecule is Cc1sc2c(c1C)C(c1ccc(C#CCCNO)cc1)=N[C@H](CC(=O)O)c1nnc(C)n1-2. The molecule has 4 rings (SSSR count). The van der Waals surface area contributed by atoms with Crippen LogP contribution in [0.1, 0.15) is 57.7 Å². The summed E-state index contributed by atoms with van der Waals surface area (Å²) in [4.78, 5) is 17.7. The standard InChI is InChI=1S/C23H23N5O3S/c1-13-14(2)32-23-20(13)21(17-9-7-16(8-10-17)6-4-5-11-24-31)25-18(12-19(29)30)22-27-26-15(3)28(22)23/h7-10,18,24,31H,5,11-12H2,1-3H3,(H,29,30)/t18-/m1/s1. The maximum absolute atomic E-state index is 11.6. The van der Waals surface area contributed by atoms with Gasteiger partial charge in [-0.3, -0.25) is 14.4 Å². The van der Waals surface area contributed by atoms with Crippen LogP contribution in [0.2, 0.25) is 0 Å². The second kappa shape index (κ2) is 9.04. The highest BCUT2D eigenvalue weighted by Gasteiger charge is 2.32. The normalized spacial score (nSPS) is 14.6. The monoisotopic (exact) mass is 449 g/mol. The molecule has 0 aliphatic carbocycles. The zero-order valence-corrected chi connectivity index (χ0v) is 18.8. The topological polar surface area (TPSA) is 113 Å². The predicted molar refractivity (Wildman–Crippen MR) is 122 cm³/mol. The Balaban J connectivity index is 1.84. The number of nitrogens with one attached hydrogen (secondary N) is 1. The fourth-order valence-corrected chi connectivity index (χ4v) is 4.90. The molecular weight excluding hydrogens is 426 g/mol. The van der Waals surface area contributed by atoms with Gasteiger partial charge in [0.15, 0.2) is 5.82 Å². The highest BCUT2D eigenvalue weighted by Crippen LogP contribution is 2.39. The average Bonchev–Trinajstić information content (AvgIpc) is 3.24. The molecule has 3 aromatic rings. The first-order valence-corrected chi connectivity index (χ1v) is 11.0. The van der Waals surface area contributed by atoms with E-state index in [1.54, 1.807) is 11.3 Å². The number of rotatable bonds is 5. The van der Waals surface area contributed by atoms with Crippen molar-refractivity contribution in [2.24, 2.45) is 4.99 Å². The zero-order chi connectivity index (χ0) is 22.8. The number of carbonyl (C=O) groups is 1. The molecule has 1 aliphatic heterocycles. The van der Waals surface area contributed by atoms with Gasteiger partial charge in [0.1, 0.15) is 16.9 Å². The number of carboxylic acid groups (broad SMARTS) is 1. The molecule has 9 heteroatoms. The Kier molecular flexibility index (Phi) is 6.19. The van der Waals surface area contributed by atoms with E-state index in [0.29, 0.717) is 24.6 Å². The van der Waals surface area contributed by atoms with Gasteiger partial charge in [0.05, 0.1) is 12.1 Å². The lowest BCUT2D eigenvalue weighted by Crippen LogP contribution is -2.10. The summed E-state index contributed by atoms with van der Waals surface area (Å²) in [6.45, 7) is 6.41. The Morgan fingerprint density at radius 1 is 1.22 bits per heavy atom. The molecule has 3 heterocycles. The van der Waals surface area contributed by atoms with E-state index in [4.69, 9.17) is 10.2 Å². The summed E-state index contributed by atoms with van der Waals surface area (Å²) in [7, 11) is 0. The minimum atomic E-state index is -0.938. The maximum Gasteiger partial charge on any atom is 0.306 e. The van der Waals surface area contributed by atoms with Crippen molar-refractivity contribution >= 4 is 23.0 Å². The van der Waals surface area contributed by atoms with Crippen LogP contribution in [0.3, 0.4) is 0 Å². The minimum Gasteiger partial charge on any atom is -0.481 e. The van der Waals surface area contributed by atoms with Crippen LogP contribution in [-0.2, 0) is 4.79 Å². The molecule has 0 saturated carbocycles. The molecule has 8 nitrogen and oxygen atoms in total. The molecule has 0 spiro atoms. The Hall–Kier alpha value is -3.32. The molecule has 3 N–H and O–H groups in total. The number of aliphatic carboxylic acids is 1. The van der Waals surface area contributed by atoms with Crippen LogP contribution in [-0.4, -0.2) is 43.3 Å². The number of aliphatic imine (C=N–C) groups is 1. The van der Waals surface area contributed by atoms with E-state index in [-0.39, 0.29) is 6.42 Å². The highest BCUT2D eigenvalue weighted by atomic mass is 32.1. The van der Waals surface area contributed by atoms with Crippen LogP contribution < -0.4 is 5.48 Å². The van der Waals surface area contributed by atoms with E-state index < -0.39 is 12.0 Å². The van der Waals surface area contributed by atoms with E-state index in [9.17, 15) is 9.90 Å². The van der Waals surface area contributed by atoms with Crippen LogP contribution in [0.4, 0.5) is 0 Å². The van der Waals surface area contributed by atoms with Gasteiger partial charge in [-0.05, 0) is 38.5 Å². The van der Waals surface area contributed by atoms with Gasteiger partial charge in [0.25, 0.3) is 0 Å². The third-order valence-corrected chi connectivity index (χ3v) is 6.55. The number of carboxylic acids is 1. The van der Waals surface area contributed by atoms with Crippen LogP contribution >= 0.6 is 11.3 Å². The molecule has 0 bridgehead atoms. The number of aryl methyl sites for hydroxylation is 2. The highest BCUT2D eigenvalue weighted by molar-refractivity contribution is 7.15. The molecule has 0 unspecified atom stereocenters. The Labute approximate surface area is 189 Å². The lowest BCUT2D eigenvalue weighted by Gasteiger charge is -2.10. The number of hydroxylamine groups is 1. The summed E-state index contributed by atoms with van der Waals surface area (Å²) in [5, 5.41) is 27.6. The Morgan fingerprint density at radius 2 is 1.97 bits per heavy atom. The fourth-order valence-electron chi connectivity index (χ4n) is 3.68. The summed E-state index contributed by atoms with van der Waals surface area (Å²) in [6.07, 6.45) is 0.370. The number of hydrogen-bond donors (Lipinski definition) is 3. The van der Waals surface area contributed by atoms with Gasteiger partial charge in [-0.1, -0.05) is 24.0 Å². The van der Waals surface area contributed by atoms with Crippen molar-refractivity contribution in [1.82, 2.24) is 20.2 Å². The molecule has 32 heavy (non-hydrogen) atoms. The number of benzene rings is 1. The Bertz CT molecular complexity index is 1260. The second-order valence-corrected chi connectivity index (χ2v) is 8.74. The first-order chi connectivity index (χ1) is 15.4. The molecule has 1 atom stereocenters. The average molecular weight is 450 g/mol. The molecule has 1 aromatic carbocycles. The molecule has 0 amide bonds. The van der Waals surface area contributed by atoms with Crippen molar-refractivity contribution < 1.29 is 15.1 Å². The first-order valence-electron chi connectivity index (χ1n) is 10.2. The van der Waals surface area contributed by atoms with Crippen molar-refractivity contribution in [3.8, 4) is 16.8 Å². The van der Waals surface area contributed by atoms with Gasteiger partial charge in [0, 0.05) is 34.5 Å². The van der Waals surface area contributed by atoms with Crippen LogP contribution in [0.25, 0.3) is 5.00 Å². The van der Waals surface area contributed by atoms with Crippen molar-refractivity contribution in [2.45, 2.75) is 39.7 Å². The molecule has 1 aliphatic rings.